The van der Waals surface area contributed by atoms with Gasteiger partial charge >= 0.3 is 5.97 Å². The van der Waals surface area contributed by atoms with Crippen molar-refractivity contribution in [1.82, 2.24) is 0 Å². The van der Waals surface area contributed by atoms with Crippen LogP contribution in [0.2, 0.25) is 5.02 Å². The van der Waals surface area contributed by atoms with Gasteiger partial charge in [-0.2, -0.15) is 0 Å². The van der Waals surface area contributed by atoms with E-state index in [4.69, 9.17) is 16.3 Å². The Morgan fingerprint density at radius 3 is 2.74 bits per heavy atom. The molecule has 3 aromatic rings. The number of carbonyl (C=O) groups is 1. The number of thiophene rings is 1. The Hall–Kier alpha value is -1.91. The Bertz CT molecular complexity index is 901. The minimum Gasteiger partial charge on any atom is -0.465 e. The second-order valence-corrected chi connectivity index (χ2v) is 6.93. The lowest BCUT2D eigenvalue weighted by Gasteiger charge is -2.05. The van der Waals surface area contributed by atoms with Gasteiger partial charge in [0.25, 0.3) is 0 Å². The summed E-state index contributed by atoms with van der Waals surface area (Å²) in [6, 6.07) is 10.4. The molecule has 0 aliphatic heterocycles. The van der Waals surface area contributed by atoms with Crippen molar-refractivity contribution < 1.29 is 13.9 Å². The van der Waals surface area contributed by atoms with Crippen LogP contribution in [-0.2, 0) is 11.2 Å². The van der Waals surface area contributed by atoms with Gasteiger partial charge in [0.05, 0.1) is 17.7 Å². The Morgan fingerprint density at radius 2 is 2.04 bits per heavy atom. The summed E-state index contributed by atoms with van der Waals surface area (Å²) in [4.78, 5) is 12.9. The Balaban J connectivity index is 2.06. The molecule has 0 spiro atoms. The number of fused-ring (bicyclic) bond motifs is 1. The molecule has 0 aliphatic rings. The fraction of sp³-hybridized carbons (Fsp3) is 0.167. The topological polar surface area (TPSA) is 26.3 Å². The van der Waals surface area contributed by atoms with Crippen molar-refractivity contribution in [2.45, 2.75) is 13.3 Å². The van der Waals surface area contributed by atoms with E-state index in [9.17, 15) is 9.18 Å². The number of benzene rings is 2. The molecule has 0 unspecified atom stereocenters. The lowest BCUT2D eigenvalue weighted by Crippen LogP contribution is -2.00. The van der Waals surface area contributed by atoms with E-state index in [1.165, 1.54) is 13.2 Å². The molecule has 5 heteroatoms. The van der Waals surface area contributed by atoms with Gasteiger partial charge in [0, 0.05) is 9.58 Å². The number of ether oxygens (including phenoxy) is 1. The van der Waals surface area contributed by atoms with Gasteiger partial charge in [-0.3, -0.25) is 0 Å². The van der Waals surface area contributed by atoms with Crippen molar-refractivity contribution in [2.75, 3.05) is 7.11 Å². The summed E-state index contributed by atoms with van der Waals surface area (Å²) >= 11 is 7.40. The summed E-state index contributed by atoms with van der Waals surface area (Å²) in [7, 11) is 1.36. The normalized spacial score (nSPS) is 11.0. The highest BCUT2D eigenvalue weighted by molar-refractivity contribution is 7.19. The molecule has 0 aliphatic carbocycles. The average molecular weight is 349 g/mol. The molecular weight excluding hydrogens is 335 g/mol. The fourth-order valence-electron chi connectivity index (χ4n) is 2.59. The first-order chi connectivity index (χ1) is 11.0. The van der Waals surface area contributed by atoms with Crippen LogP contribution >= 0.6 is 22.9 Å². The summed E-state index contributed by atoms with van der Waals surface area (Å²) in [5.74, 6) is -0.782. The van der Waals surface area contributed by atoms with Gasteiger partial charge in [0.2, 0.25) is 0 Å². The Kier molecular flexibility index (Phi) is 4.37. The van der Waals surface area contributed by atoms with Gasteiger partial charge in [0.15, 0.2) is 0 Å². The predicted molar refractivity (Wildman–Crippen MR) is 92.1 cm³/mol. The summed E-state index contributed by atoms with van der Waals surface area (Å²) < 4.78 is 19.5. The molecular formula is C18H14ClFO2S. The van der Waals surface area contributed by atoms with E-state index in [0.29, 0.717) is 12.0 Å². The molecule has 23 heavy (non-hydrogen) atoms. The number of methoxy groups -OCH3 is 1. The van der Waals surface area contributed by atoms with E-state index in [2.05, 4.69) is 0 Å². The van der Waals surface area contributed by atoms with Crippen LogP contribution in [0.3, 0.4) is 0 Å². The summed E-state index contributed by atoms with van der Waals surface area (Å²) in [5, 5.41) is 1.12. The maximum atomic E-state index is 13.6. The summed E-state index contributed by atoms with van der Waals surface area (Å²) in [6.45, 7) is 2.03. The zero-order valence-corrected chi connectivity index (χ0v) is 14.2. The molecule has 0 fully saturated rings. The van der Waals surface area contributed by atoms with E-state index in [0.717, 1.165) is 26.1 Å². The number of hydrogen-bond donors (Lipinski definition) is 0. The fourth-order valence-corrected chi connectivity index (χ4v) is 3.77. The van der Waals surface area contributed by atoms with Crippen molar-refractivity contribution in [1.29, 1.82) is 0 Å². The van der Waals surface area contributed by atoms with Gasteiger partial charge in [0.1, 0.15) is 5.82 Å². The number of halogens is 2. The van der Waals surface area contributed by atoms with Gasteiger partial charge < -0.3 is 4.74 Å². The predicted octanol–water partition coefficient (Wildman–Crippen LogP) is 5.38. The van der Waals surface area contributed by atoms with Gasteiger partial charge in [-0.1, -0.05) is 17.7 Å². The number of carbonyl (C=O) groups excluding carboxylic acids is 1. The molecule has 0 radical (unpaired) electrons. The van der Waals surface area contributed by atoms with E-state index >= 15 is 0 Å². The van der Waals surface area contributed by atoms with Crippen LogP contribution in [0, 0.1) is 12.7 Å². The standard InChI is InChI=1S/C18H14ClFO2S/c1-10-13(7-11-3-5-15(19)16(20)8-11)14-9-12(18(21)22-2)4-6-17(14)23-10/h3-6,8-9H,7H2,1-2H3. The highest BCUT2D eigenvalue weighted by Gasteiger charge is 2.14. The summed E-state index contributed by atoms with van der Waals surface area (Å²) in [6.07, 6.45) is 0.588. The van der Waals surface area contributed by atoms with Crippen LogP contribution < -0.4 is 0 Å². The maximum absolute atomic E-state index is 13.6. The lowest BCUT2D eigenvalue weighted by molar-refractivity contribution is 0.0601. The molecule has 0 saturated heterocycles. The second-order valence-electron chi connectivity index (χ2n) is 5.26. The molecule has 1 aromatic heterocycles. The van der Waals surface area contributed by atoms with E-state index < -0.39 is 5.82 Å². The van der Waals surface area contributed by atoms with Crippen LogP contribution in [0.15, 0.2) is 36.4 Å². The largest absolute Gasteiger partial charge is 0.465 e. The molecule has 1 heterocycles. The average Bonchev–Trinajstić information content (AvgIpc) is 2.85. The maximum Gasteiger partial charge on any atom is 0.337 e. The van der Waals surface area contributed by atoms with E-state index in [1.54, 1.807) is 23.5 Å². The van der Waals surface area contributed by atoms with Crippen molar-refractivity contribution >= 4 is 39.0 Å². The molecule has 0 saturated carbocycles. The minimum atomic E-state index is -0.420. The molecule has 0 atom stereocenters. The zero-order chi connectivity index (χ0) is 16.6. The van der Waals surface area contributed by atoms with Crippen molar-refractivity contribution in [3.05, 3.63) is 68.8 Å². The highest BCUT2D eigenvalue weighted by atomic mass is 35.5. The third kappa shape index (κ3) is 3.09. The quantitative estimate of drug-likeness (QED) is 0.594. The first kappa shape index (κ1) is 16.0. The number of esters is 1. The number of rotatable bonds is 3. The Morgan fingerprint density at radius 1 is 1.26 bits per heavy atom. The first-order valence-electron chi connectivity index (χ1n) is 7.04. The zero-order valence-electron chi connectivity index (χ0n) is 12.7. The monoisotopic (exact) mass is 348 g/mol. The molecule has 2 aromatic carbocycles. The summed E-state index contributed by atoms with van der Waals surface area (Å²) in [5.41, 5.74) is 2.46. The van der Waals surface area contributed by atoms with Crippen LogP contribution in [0.1, 0.15) is 26.4 Å². The third-order valence-electron chi connectivity index (χ3n) is 3.78. The molecule has 3 rings (SSSR count). The van der Waals surface area contributed by atoms with Crippen molar-refractivity contribution in [3.63, 3.8) is 0 Å². The highest BCUT2D eigenvalue weighted by Crippen LogP contribution is 2.33. The molecule has 118 valence electrons. The molecule has 0 bridgehead atoms. The number of aryl methyl sites for hydroxylation is 1. The SMILES string of the molecule is COC(=O)c1ccc2sc(C)c(Cc3ccc(Cl)c(F)c3)c2c1. The molecule has 2 nitrogen and oxygen atoms in total. The second kappa shape index (κ2) is 6.30. The first-order valence-corrected chi connectivity index (χ1v) is 8.23. The van der Waals surface area contributed by atoms with E-state index in [1.807, 2.05) is 25.1 Å². The van der Waals surface area contributed by atoms with Gasteiger partial charge in [-0.25, -0.2) is 9.18 Å². The van der Waals surface area contributed by atoms with Crippen LogP contribution in [0.5, 0.6) is 0 Å². The third-order valence-corrected chi connectivity index (χ3v) is 5.21. The number of hydrogen-bond acceptors (Lipinski definition) is 3. The molecule has 0 N–H and O–H groups in total. The minimum absolute atomic E-state index is 0.119. The van der Waals surface area contributed by atoms with Crippen LogP contribution in [0.4, 0.5) is 4.39 Å². The smallest absolute Gasteiger partial charge is 0.337 e. The Labute approximate surface area is 142 Å². The lowest BCUT2D eigenvalue weighted by atomic mass is 10.0. The van der Waals surface area contributed by atoms with E-state index in [-0.39, 0.29) is 11.0 Å². The van der Waals surface area contributed by atoms with Crippen molar-refractivity contribution in [3.8, 4) is 0 Å². The van der Waals surface area contributed by atoms with Gasteiger partial charge in [-0.15, -0.1) is 11.3 Å². The van der Waals surface area contributed by atoms with Crippen LogP contribution in [-0.4, -0.2) is 13.1 Å². The molecule has 0 amide bonds. The van der Waals surface area contributed by atoms with Crippen molar-refractivity contribution in [2.24, 2.45) is 0 Å². The van der Waals surface area contributed by atoms with Gasteiger partial charge in [-0.05, 0) is 60.2 Å². The van der Waals surface area contributed by atoms with Crippen LogP contribution in [0.25, 0.3) is 10.1 Å².